The number of carbonyl (C=O) groups is 1. The van der Waals surface area contributed by atoms with Gasteiger partial charge in [0, 0.05) is 37.6 Å². The summed E-state index contributed by atoms with van der Waals surface area (Å²) in [6, 6.07) is 9.00. The third kappa shape index (κ3) is 4.35. The van der Waals surface area contributed by atoms with Crippen molar-refractivity contribution in [3.63, 3.8) is 0 Å². The summed E-state index contributed by atoms with van der Waals surface area (Å²) in [4.78, 5) is 17.7. The van der Waals surface area contributed by atoms with Gasteiger partial charge in [-0.2, -0.15) is 0 Å². The summed E-state index contributed by atoms with van der Waals surface area (Å²) >= 11 is 19.6. The van der Waals surface area contributed by atoms with Gasteiger partial charge >= 0.3 is 6.03 Å². The van der Waals surface area contributed by atoms with Crippen molar-refractivity contribution in [1.82, 2.24) is 9.80 Å². The number of carbonyl (C=O) groups excluding carboxylic acids is 1. The SMILES string of the molecule is O=C(Nc1cccc(Cl)c1Cl)N1CCN(Cc2ccc(Cl)s2)CC1. The minimum absolute atomic E-state index is 0.155. The van der Waals surface area contributed by atoms with Crippen molar-refractivity contribution in [3.8, 4) is 0 Å². The predicted octanol–water partition coefficient (Wildman–Crippen LogP) is 5.06. The van der Waals surface area contributed by atoms with Crippen molar-refractivity contribution in [3.05, 3.63) is 49.6 Å². The topological polar surface area (TPSA) is 35.6 Å². The molecular weight excluding hydrogens is 389 g/mol. The van der Waals surface area contributed by atoms with Gasteiger partial charge in [0.05, 0.1) is 20.1 Å². The molecule has 0 atom stereocenters. The Kier molecular flexibility index (Phi) is 5.89. The molecule has 2 heterocycles. The molecule has 0 spiro atoms. The Labute approximate surface area is 159 Å². The molecule has 1 aromatic carbocycles. The number of halogens is 3. The molecule has 0 aliphatic carbocycles. The molecular formula is C16H16Cl3N3OS. The molecule has 0 radical (unpaired) electrons. The fraction of sp³-hybridized carbons (Fsp3) is 0.312. The highest BCUT2D eigenvalue weighted by molar-refractivity contribution is 7.16. The molecule has 2 amide bonds. The minimum Gasteiger partial charge on any atom is -0.322 e. The fourth-order valence-corrected chi connectivity index (χ4v) is 4.04. The van der Waals surface area contributed by atoms with E-state index in [9.17, 15) is 4.79 Å². The highest BCUT2D eigenvalue weighted by Crippen LogP contribution is 2.29. The van der Waals surface area contributed by atoms with Gasteiger partial charge in [0.15, 0.2) is 0 Å². The third-order valence-corrected chi connectivity index (χ3v) is 5.90. The summed E-state index contributed by atoms with van der Waals surface area (Å²) in [5.41, 5.74) is 0.532. The van der Waals surface area contributed by atoms with Crippen molar-refractivity contribution in [1.29, 1.82) is 0 Å². The van der Waals surface area contributed by atoms with Gasteiger partial charge in [-0.3, -0.25) is 4.90 Å². The molecule has 1 N–H and O–H groups in total. The van der Waals surface area contributed by atoms with Crippen LogP contribution in [0.2, 0.25) is 14.4 Å². The normalized spacial score (nSPS) is 15.5. The first-order valence-corrected chi connectivity index (χ1v) is 9.44. The Morgan fingerprint density at radius 3 is 2.50 bits per heavy atom. The van der Waals surface area contributed by atoms with Crippen LogP contribution in [0.25, 0.3) is 0 Å². The molecule has 24 heavy (non-hydrogen) atoms. The van der Waals surface area contributed by atoms with E-state index < -0.39 is 0 Å². The van der Waals surface area contributed by atoms with Crippen LogP contribution in [0.15, 0.2) is 30.3 Å². The van der Waals surface area contributed by atoms with Crippen LogP contribution in [0.5, 0.6) is 0 Å². The van der Waals surface area contributed by atoms with E-state index in [4.69, 9.17) is 34.8 Å². The molecule has 0 unspecified atom stereocenters. The number of nitrogens with one attached hydrogen (secondary N) is 1. The summed E-state index contributed by atoms with van der Waals surface area (Å²) in [6.45, 7) is 3.86. The average molecular weight is 405 g/mol. The molecule has 1 saturated heterocycles. The van der Waals surface area contributed by atoms with Gasteiger partial charge in [-0.1, -0.05) is 40.9 Å². The number of rotatable bonds is 3. The van der Waals surface area contributed by atoms with Crippen LogP contribution >= 0.6 is 46.1 Å². The van der Waals surface area contributed by atoms with Crippen LogP contribution in [0.1, 0.15) is 4.88 Å². The predicted molar refractivity (Wildman–Crippen MR) is 102 cm³/mol. The largest absolute Gasteiger partial charge is 0.322 e. The number of hydrogen-bond donors (Lipinski definition) is 1. The molecule has 2 aromatic rings. The van der Waals surface area contributed by atoms with Gasteiger partial charge in [0.25, 0.3) is 0 Å². The zero-order chi connectivity index (χ0) is 17.1. The van der Waals surface area contributed by atoms with Gasteiger partial charge in [-0.25, -0.2) is 4.79 Å². The second kappa shape index (κ2) is 7.93. The molecule has 3 rings (SSSR count). The number of anilines is 1. The van der Waals surface area contributed by atoms with Gasteiger partial charge in [-0.05, 0) is 24.3 Å². The molecule has 0 bridgehead atoms. The Bertz CT molecular complexity index is 729. The van der Waals surface area contributed by atoms with Crippen molar-refractivity contribution < 1.29 is 4.79 Å². The van der Waals surface area contributed by atoms with Gasteiger partial charge < -0.3 is 10.2 Å². The summed E-state index contributed by atoms with van der Waals surface area (Å²) in [5, 5.41) is 3.61. The smallest absolute Gasteiger partial charge is 0.321 e. The molecule has 1 aliphatic rings. The second-order valence-electron chi connectivity index (χ2n) is 5.50. The highest BCUT2D eigenvalue weighted by atomic mass is 35.5. The first-order valence-electron chi connectivity index (χ1n) is 7.49. The number of thiophene rings is 1. The van der Waals surface area contributed by atoms with Gasteiger partial charge in [0.1, 0.15) is 0 Å². The fourth-order valence-electron chi connectivity index (χ4n) is 2.56. The van der Waals surface area contributed by atoms with E-state index in [2.05, 4.69) is 10.2 Å². The Hall–Kier alpha value is -0.980. The number of amides is 2. The average Bonchev–Trinajstić information content (AvgIpc) is 2.97. The van der Waals surface area contributed by atoms with Crippen LogP contribution in [0.4, 0.5) is 10.5 Å². The first-order chi connectivity index (χ1) is 11.5. The van der Waals surface area contributed by atoms with Gasteiger partial charge in [0.2, 0.25) is 0 Å². The summed E-state index contributed by atoms with van der Waals surface area (Å²) in [5.74, 6) is 0. The lowest BCUT2D eigenvalue weighted by molar-refractivity contribution is 0.143. The van der Waals surface area contributed by atoms with Crippen LogP contribution in [-0.2, 0) is 6.54 Å². The van der Waals surface area contributed by atoms with Crippen LogP contribution in [0, 0.1) is 0 Å². The number of benzene rings is 1. The van der Waals surface area contributed by atoms with E-state index in [-0.39, 0.29) is 6.03 Å². The zero-order valence-corrected chi connectivity index (χ0v) is 15.9. The van der Waals surface area contributed by atoms with Crippen molar-refractivity contribution >= 4 is 57.9 Å². The number of piperazine rings is 1. The molecule has 0 saturated carbocycles. The maximum Gasteiger partial charge on any atom is 0.321 e. The number of nitrogens with zero attached hydrogens (tertiary/aromatic N) is 2. The summed E-state index contributed by atoms with van der Waals surface area (Å²) < 4.78 is 0.807. The van der Waals surface area contributed by atoms with E-state index >= 15 is 0 Å². The second-order valence-corrected chi connectivity index (χ2v) is 8.09. The van der Waals surface area contributed by atoms with Crippen LogP contribution in [0.3, 0.4) is 0 Å². The number of hydrogen-bond acceptors (Lipinski definition) is 3. The van der Waals surface area contributed by atoms with E-state index in [0.29, 0.717) is 28.8 Å². The van der Waals surface area contributed by atoms with Crippen molar-refractivity contribution in [2.24, 2.45) is 0 Å². The zero-order valence-electron chi connectivity index (χ0n) is 12.8. The molecule has 8 heteroatoms. The highest BCUT2D eigenvalue weighted by Gasteiger charge is 2.22. The summed E-state index contributed by atoms with van der Waals surface area (Å²) in [7, 11) is 0. The monoisotopic (exact) mass is 403 g/mol. The number of urea groups is 1. The van der Waals surface area contributed by atoms with E-state index in [0.717, 1.165) is 24.0 Å². The maximum absolute atomic E-state index is 12.4. The minimum atomic E-state index is -0.155. The van der Waals surface area contributed by atoms with Gasteiger partial charge in [-0.15, -0.1) is 11.3 Å². The van der Waals surface area contributed by atoms with E-state index in [1.807, 2.05) is 12.1 Å². The van der Waals surface area contributed by atoms with Crippen molar-refractivity contribution in [2.45, 2.75) is 6.54 Å². The Morgan fingerprint density at radius 2 is 1.83 bits per heavy atom. The van der Waals surface area contributed by atoms with E-state index in [1.165, 1.54) is 4.88 Å². The summed E-state index contributed by atoms with van der Waals surface area (Å²) in [6.07, 6.45) is 0. The third-order valence-electron chi connectivity index (χ3n) is 3.86. The lowest BCUT2D eigenvalue weighted by Gasteiger charge is -2.34. The lowest BCUT2D eigenvalue weighted by atomic mass is 10.3. The van der Waals surface area contributed by atoms with E-state index in [1.54, 1.807) is 34.4 Å². The van der Waals surface area contributed by atoms with Crippen molar-refractivity contribution in [2.75, 3.05) is 31.5 Å². The molecule has 4 nitrogen and oxygen atoms in total. The molecule has 1 fully saturated rings. The van der Waals surface area contributed by atoms with Crippen LogP contribution in [-0.4, -0.2) is 42.0 Å². The van der Waals surface area contributed by atoms with Crippen LogP contribution < -0.4 is 5.32 Å². The maximum atomic E-state index is 12.4. The Morgan fingerprint density at radius 1 is 1.08 bits per heavy atom. The first kappa shape index (κ1) is 17.8. The molecule has 128 valence electrons. The molecule has 1 aliphatic heterocycles. The lowest BCUT2D eigenvalue weighted by Crippen LogP contribution is -2.49. The molecule has 1 aromatic heterocycles. The Balaban J connectivity index is 1.52. The standard InChI is InChI=1S/C16H16Cl3N3OS/c17-12-2-1-3-13(15(12)19)20-16(23)22-8-6-21(7-9-22)10-11-4-5-14(18)24-11/h1-5H,6-10H2,(H,20,23). The quantitative estimate of drug-likeness (QED) is 0.776.